The van der Waals surface area contributed by atoms with Gasteiger partial charge in [0.05, 0.1) is 5.92 Å². The molecule has 0 aromatic heterocycles. The largest absolute Gasteiger partial charge is 0.481 e. The van der Waals surface area contributed by atoms with Gasteiger partial charge in [0.2, 0.25) is 5.91 Å². The molecule has 1 atom stereocenters. The van der Waals surface area contributed by atoms with Gasteiger partial charge in [0.15, 0.2) is 0 Å². The molecule has 0 aliphatic rings. The van der Waals surface area contributed by atoms with Gasteiger partial charge in [0, 0.05) is 12.5 Å². The fourth-order valence-electron chi connectivity index (χ4n) is 1.90. The number of nitrogens with one attached hydrogen (secondary N) is 1. The second-order valence-corrected chi connectivity index (χ2v) is 4.91. The highest BCUT2D eigenvalue weighted by Gasteiger charge is 2.23. The number of aryl methyl sites for hydroxylation is 1. The smallest absolute Gasteiger partial charge is 0.311 e. The van der Waals surface area contributed by atoms with E-state index in [2.05, 4.69) is 5.32 Å². The van der Waals surface area contributed by atoms with Gasteiger partial charge in [0.1, 0.15) is 0 Å². The zero-order valence-electron chi connectivity index (χ0n) is 11.6. The zero-order chi connectivity index (χ0) is 14.4. The van der Waals surface area contributed by atoms with Gasteiger partial charge in [0.25, 0.3) is 0 Å². The third kappa shape index (κ3) is 4.73. The molecule has 1 unspecified atom stereocenters. The Labute approximate surface area is 113 Å². The molecule has 0 fully saturated rings. The standard InChI is InChI=1S/C15H21NO3/c1-4-11-5-7-12(8-6-11)13(15(18)19)9-14(17)16-10(2)3/h5-8,10,13H,4,9H2,1-3H3,(H,16,17)(H,18,19). The number of hydrogen-bond acceptors (Lipinski definition) is 2. The summed E-state index contributed by atoms with van der Waals surface area (Å²) in [7, 11) is 0. The molecule has 4 nitrogen and oxygen atoms in total. The first-order valence-corrected chi connectivity index (χ1v) is 6.55. The predicted molar refractivity (Wildman–Crippen MR) is 74.1 cm³/mol. The predicted octanol–water partition coefficient (Wildman–Crippen LogP) is 2.33. The van der Waals surface area contributed by atoms with Crippen molar-refractivity contribution in [2.75, 3.05) is 0 Å². The molecule has 0 radical (unpaired) electrons. The van der Waals surface area contributed by atoms with Crippen molar-refractivity contribution in [1.29, 1.82) is 0 Å². The molecule has 1 aromatic carbocycles. The number of aliphatic carboxylic acids is 1. The van der Waals surface area contributed by atoms with E-state index in [1.165, 1.54) is 0 Å². The highest BCUT2D eigenvalue weighted by Crippen LogP contribution is 2.21. The van der Waals surface area contributed by atoms with Crippen LogP contribution in [0.15, 0.2) is 24.3 Å². The molecule has 1 amide bonds. The van der Waals surface area contributed by atoms with E-state index in [1.54, 1.807) is 12.1 Å². The van der Waals surface area contributed by atoms with E-state index in [0.717, 1.165) is 12.0 Å². The van der Waals surface area contributed by atoms with E-state index in [0.29, 0.717) is 5.56 Å². The van der Waals surface area contributed by atoms with Crippen LogP contribution in [0.25, 0.3) is 0 Å². The second kappa shape index (κ2) is 6.92. The van der Waals surface area contributed by atoms with Crippen molar-refractivity contribution < 1.29 is 14.7 Å². The van der Waals surface area contributed by atoms with Crippen molar-refractivity contribution in [2.45, 2.75) is 45.6 Å². The Morgan fingerprint density at radius 3 is 2.21 bits per heavy atom. The van der Waals surface area contributed by atoms with E-state index in [1.807, 2.05) is 32.9 Å². The van der Waals surface area contributed by atoms with Gasteiger partial charge in [-0.1, -0.05) is 31.2 Å². The summed E-state index contributed by atoms with van der Waals surface area (Å²) >= 11 is 0. The van der Waals surface area contributed by atoms with Crippen molar-refractivity contribution in [3.8, 4) is 0 Å². The van der Waals surface area contributed by atoms with E-state index in [-0.39, 0.29) is 18.4 Å². The van der Waals surface area contributed by atoms with Gasteiger partial charge in [-0.25, -0.2) is 0 Å². The lowest BCUT2D eigenvalue weighted by Crippen LogP contribution is -2.32. The van der Waals surface area contributed by atoms with Crippen molar-refractivity contribution in [3.63, 3.8) is 0 Å². The summed E-state index contributed by atoms with van der Waals surface area (Å²) in [6.07, 6.45) is 0.880. The molecule has 19 heavy (non-hydrogen) atoms. The number of carboxylic acid groups (broad SMARTS) is 1. The fraction of sp³-hybridized carbons (Fsp3) is 0.467. The van der Waals surface area contributed by atoms with Gasteiger partial charge in [-0.15, -0.1) is 0 Å². The van der Waals surface area contributed by atoms with Crippen LogP contribution in [0, 0.1) is 0 Å². The molecular formula is C15H21NO3. The van der Waals surface area contributed by atoms with Crippen molar-refractivity contribution in [2.24, 2.45) is 0 Å². The Kier molecular flexibility index (Phi) is 5.55. The van der Waals surface area contributed by atoms with Crippen LogP contribution in [0.4, 0.5) is 0 Å². The SMILES string of the molecule is CCc1ccc(C(CC(=O)NC(C)C)C(=O)O)cc1. The fourth-order valence-corrected chi connectivity index (χ4v) is 1.90. The lowest BCUT2D eigenvalue weighted by atomic mass is 9.94. The molecule has 104 valence electrons. The normalized spacial score (nSPS) is 12.2. The molecule has 4 heteroatoms. The van der Waals surface area contributed by atoms with Gasteiger partial charge in [-0.2, -0.15) is 0 Å². The molecule has 0 bridgehead atoms. The Balaban J connectivity index is 2.82. The van der Waals surface area contributed by atoms with Crippen molar-refractivity contribution in [1.82, 2.24) is 5.32 Å². The molecule has 0 spiro atoms. The molecule has 0 aliphatic carbocycles. The van der Waals surface area contributed by atoms with E-state index < -0.39 is 11.9 Å². The van der Waals surface area contributed by atoms with E-state index >= 15 is 0 Å². The Bertz CT molecular complexity index is 437. The molecule has 0 saturated heterocycles. The van der Waals surface area contributed by atoms with Crippen molar-refractivity contribution in [3.05, 3.63) is 35.4 Å². The summed E-state index contributed by atoms with van der Waals surface area (Å²) in [6.45, 7) is 5.74. The zero-order valence-corrected chi connectivity index (χ0v) is 11.6. The molecule has 1 rings (SSSR count). The van der Waals surface area contributed by atoms with Crippen LogP contribution in [0.5, 0.6) is 0 Å². The van der Waals surface area contributed by atoms with Crippen LogP contribution in [0.1, 0.15) is 44.2 Å². The first kappa shape index (κ1) is 15.2. The molecule has 0 aliphatic heterocycles. The Morgan fingerprint density at radius 2 is 1.79 bits per heavy atom. The van der Waals surface area contributed by atoms with Crippen LogP contribution in [-0.4, -0.2) is 23.0 Å². The highest BCUT2D eigenvalue weighted by molar-refractivity contribution is 5.85. The van der Waals surface area contributed by atoms with Crippen LogP contribution >= 0.6 is 0 Å². The number of amides is 1. The Hall–Kier alpha value is -1.84. The maximum atomic E-state index is 11.7. The first-order chi connectivity index (χ1) is 8.93. The first-order valence-electron chi connectivity index (χ1n) is 6.55. The van der Waals surface area contributed by atoms with Gasteiger partial charge >= 0.3 is 5.97 Å². The van der Waals surface area contributed by atoms with Crippen LogP contribution < -0.4 is 5.32 Å². The Morgan fingerprint density at radius 1 is 1.21 bits per heavy atom. The van der Waals surface area contributed by atoms with Gasteiger partial charge in [-0.05, 0) is 31.4 Å². The number of carboxylic acids is 1. The minimum Gasteiger partial charge on any atom is -0.481 e. The summed E-state index contributed by atoms with van der Waals surface area (Å²) in [5.74, 6) is -1.99. The summed E-state index contributed by atoms with van der Waals surface area (Å²) < 4.78 is 0. The molecule has 0 heterocycles. The minimum atomic E-state index is -0.969. The third-order valence-electron chi connectivity index (χ3n) is 2.93. The lowest BCUT2D eigenvalue weighted by molar-refractivity contribution is -0.140. The van der Waals surface area contributed by atoms with Crippen LogP contribution in [0.3, 0.4) is 0 Å². The lowest BCUT2D eigenvalue weighted by Gasteiger charge is -2.14. The number of benzene rings is 1. The number of carbonyl (C=O) groups excluding carboxylic acids is 1. The molecular weight excluding hydrogens is 242 g/mol. The quantitative estimate of drug-likeness (QED) is 0.827. The maximum absolute atomic E-state index is 11.7. The molecule has 0 saturated carbocycles. The maximum Gasteiger partial charge on any atom is 0.311 e. The summed E-state index contributed by atoms with van der Waals surface area (Å²) in [5.41, 5.74) is 1.82. The topological polar surface area (TPSA) is 66.4 Å². The van der Waals surface area contributed by atoms with E-state index in [9.17, 15) is 14.7 Å². The highest BCUT2D eigenvalue weighted by atomic mass is 16.4. The second-order valence-electron chi connectivity index (χ2n) is 4.91. The van der Waals surface area contributed by atoms with E-state index in [4.69, 9.17) is 0 Å². The van der Waals surface area contributed by atoms with Gasteiger partial charge < -0.3 is 10.4 Å². The van der Waals surface area contributed by atoms with Gasteiger partial charge in [-0.3, -0.25) is 9.59 Å². The average molecular weight is 263 g/mol. The molecule has 1 aromatic rings. The van der Waals surface area contributed by atoms with Crippen molar-refractivity contribution >= 4 is 11.9 Å². The number of rotatable bonds is 6. The summed E-state index contributed by atoms with van der Waals surface area (Å²) in [4.78, 5) is 23.0. The van der Waals surface area contributed by atoms with Crippen LogP contribution in [0.2, 0.25) is 0 Å². The third-order valence-corrected chi connectivity index (χ3v) is 2.93. The minimum absolute atomic E-state index is 0.0180. The summed E-state index contributed by atoms with van der Waals surface area (Å²) in [6, 6.07) is 7.42. The van der Waals surface area contributed by atoms with Crippen LogP contribution in [-0.2, 0) is 16.0 Å². The summed E-state index contributed by atoms with van der Waals surface area (Å²) in [5, 5.41) is 12.0. The molecule has 2 N–H and O–H groups in total. The average Bonchev–Trinajstić information content (AvgIpc) is 2.35. The number of carbonyl (C=O) groups is 2. The monoisotopic (exact) mass is 263 g/mol. The number of hydrogen-bond donors (Lipinski definition) is 2.